The van der Waals surface area contributed by atoms with E-state index in [4.69, 9.17) is 4.74 Å². The van der Waals surface area contributed by atoms with Crippen LogP contribution in [0.1, 0.15) is 31.2 Å². The topological polar surface area (TPSA) is 32.7 Å². The number of hydrogen-bond acceptors (Lipinski definition) is 3. The normalized spacial score (nSPS) is 31.4. The van der Waals surface area contributed by atoms with Gasteiger partial charge in [-0.1, -0.05) is 36.4 Å². The molecule has 3 heteroatoms. The summed E-state index contributed by atoms with van der Waals surface area (Å²) in [6, 6.07) is 15.6. The molecule has 1 saturated carbocycles. The SMILES string of the molecule is CO[C@@]12CC[C@@H](O)C[C@@H]1N(Cc1ccc3ccccc3c1)CC2. The van der Waals surface area contributed by atoms with Gasteiger partial charge in [-0.05, 0) is 48.1 Å². The molecule has 1 saturated heterocycles. The standard InChI is InChI=1S/C20H25NO2/c1-23-20-9-8-18(22)13-19(20)21(11-10-20)14-15-6-7-16-4-2-3-5-17(16)12-15/h2-7,12,18-19,22H,8-11,13-14H2,1H3/t18-,19+,20-/m1/s1. The van der Waals surface area contributed by atoms with Crippen LogP contribution in [-0.2, 0) is 11.3 Å². The Morgan fingerprint density at radius 3 is 2.83 bits per heavy atom. The third kappa shape index (κ3) is 2.67. The molecule has 2 aromatic rings. The number of fused-ring (bicyclic) bond motifs is 2. The lowest BCUT2D eigenvalue weighted by atomic mass is 9.79. The van der Waals surface area contributed by atoms with Crippen LogP contribution in [0.2, 0.25) is 0 Å². The highest BCUT2D eigenvalue weighted by molar-refractivity contribution is 5.82. The van der Waals surface area contributed by atoms with Gasteiger partial charge in [-0.2, -0.15) is 0 Å². The summed E-state index contributed by atoms with van der Waals surface area (Å²) in [5, 5.41) is 12.7. The second kappa shape index (κ2) is 5.90. The Kier molecular flexibility index (Phi) is 3.88. The molecular weight excluding hydrogens is 286 g/mol. The molecule has 0 unspecified atom stereocenters. The van der Waals surface area contributed by atoms with E-state index in [1.807, 2.05) is 7.11 Å². The van der Waals surface area contributed by atoms with Crippen LogP contribution in [0.25, 0.3) is 10.8 Å². The van der Waals surface area contributed by atoms with Crippen molar-refractivity contribution >= 4 is 10.8 Å². The first-order valence-corrected chi connectivity index (χ1v) is 8.65. The number of methoxy groups -OCH3 is 1. The summed E-state index contributed by atoms with van der Waals surface area (Å²) in [5.74, 6) is 0. The lowest BCUT2D eigenvalue weighted by Crippen LogP contribution is -2.51. The first kappa shape index (κ1) is 15.1. The van der Waals surface area contributed by atoms with Gasteiger partial charge in [0, 0.05) is 26.2 Å². The summed E-state index contributed by atoms with van der Waals surface area (Å²) in [6.07, 6.45) is 3.58. The zero-order chi connectivity index (χ0) is 15.9. The molecule has 1 N–H and O–H groups in total. The number of hydrogen-bond donors (Lipinski definition) is 1. The number of rotatable bonds is 3. The van der Waals surface area contributed by atoms with Crippen LogP contribution in [-0.4, -0.2) is 41.4 Å². The largest absolute Gasteiger partial charge is 0.393 e. The van der Waals surface area contributed by atoms with Crippen molar-refractivity contribution in [3.8, 4) is 0 Å². The fraction of sp³-hybridized carbons (Fsp3) is 0.500. The Hall–Kier alpha value is -1.42. The van der Waals surface area contributed by atoms with Crippen LogP contribution in [0.3, 0.4) is 0 Å². The molecule has 0 radical (unpaired) electrons. The Balaban J connectivity index is 1.57. The van der Waals surface area contributed by atoms with Crippen molar-refractivity contribution in [1.29, 1.82) is 0 Å². The van der Waals surface area contributed by atoms with E-state index in [1.54, 1.807) is 0 Å². The molecule has 1 aliphatic carbocycles. The second-order valence-corrected chi connectivity index (χ2v) is 7.11. The minimum Gasteiger partial charge on any atom is -0.393 e. The summed E-state index contributed by atoms with van der Waals surface area (Å²) in [6.45, 7) is 1.99. The van der Waals surface area contributed by atoms with Crippen molar-refractivity contribution < 1.29 is 9.84 Å². The zero-order valence-corrected chi connectivity index (χ0v) is 13.7. The zero-order valence-electron chi connectivity index (χ0n) is 13.7. The molecule has 122 valence electrons. The minimum absolute atomic E-state index is 0.0456. The highest BCUT2D eigenvalue weighted by Crippen LogP contribution is 2.43. The number of ether oxygens (including phenoxy) is 1. The highest BCUT2D eigenvalue weighted by atomic mass is 16.5. The van der Waals surface area contributed by atoms with E-state index in [9.17, 15) is 5.11 Å². The number of aliphatic hydroxyl groups is 1. The third-order valence-electron chi connectivity index (χ3n) is 5.87. The number of likely N-dealkylation sites (tertiary alicyclic amines) is 1. The van der Waals surface area contributed by atoms with Crippen molar-refractivity contribution in [2.75, 3.05) is 13.7 Å². The van der Waals surface area contributed by atoms with Crippen LogP contribution in [0.5, 0.6) is 0 Å². The molecule has 1 heterocycles. The van der Waals surface area contributed by atoms with Gasteiger partial charge in [-0.15, -0.1) is 0 Å². The van der Waals surface area contributed by atoms with E-state index in [1.165, 1.54) is 16.3 Å². The molecule has 4 rings (SSSR count). The maximum Gasteiger partial charge on any atom is 0.0847 e. The lowest BCUT2D eigenvalue weighted by molar-refractivity contribution is -0.0879. The van der Waals surface area contributed by atoms with E-state index < -0.39 is 0 Å². The molecular formula is C20H25NO2. The predicted octanol–water partition coefficient (Wildman–Crippen LogP) is 3.34. The average Bonchev–Trinajstić information content (AvgIpc) is 2.93. The minimum atomic E-state index is -0.180. The number of nitrogens with zero attached hydrogens (tertiary/aromatic N) is 1. The van der Waals surface area contributed by atoms with Crippen LogP contribution < -0.4 is 0 Å². The lowest BCUT2D eigenvalue weighted by Gasteiger charge is -2.42. The van der Waals surface area contributed by atoms with Crippen molar-refractivity contribution in [3.63, 3.8) is 0 Å². The predicted molar refractivity (Wildman–Crippen MR) is 92.4 cm³/mol. The van der Waals surface area contributed by atoms with Gasteiger partial charge in [0.2, 0.25) is 0 Å². The van der Waals surface area contributed by atoms with Gasteiger partial charge in [-0.3, -0.25) is 4.90 Å². The van der Waals surface area contributed by atoms with Crippen LogP contribution in [0.4, 0.5) is 0 Å². The van der Waals surface area contributed by atoms with Gasteiger partial charge >= 0.3 is 0 Å². The first-order chi connectivity index (χ1) is 11.2. The van der Waals surface area contributed by atoms with Crippen molar-refractivity contribution in [3.05, 3.63) is 48.0 Å². The summed E-state index contributed by atoms with van der Waals surface area (Å²) >= 11 is 0. The van der Waals surface area contributed by atoms with Crippen LogP contribution in [0.15, 0.2) is 42.5 Å². The van der Waals surface area contributed by atoms with Crippen molar-refractivity contribution in [1.82, 2.24) is 4.90 Å². The second-order valence-electron chi connectivity index (χ2n) is 7.11. The monoisotopic (exact) mass is 311 g/mol. The van der Waals surface area contributed by atoms with E-state index >= 15 is 0 Å². The molecule has 2 aliphatic rings. The van der Waals surface area contributed by atoms with E-state index in [0.717, 1.165) is 38.8 Å². The van der Waals surface area contributed by atoms with Crippen LogP contribution >= 0.6 is 0 Å². The first-order valence-electron chi connectivity index (χ1n) is 8.65. The molecule has 2 aromatic carbocycles. The number of aliphatic hydroxyl groups excluding tert-OH is 1. The summed E-state index contributed by atoms with van der Waals surface area (Å²) < 4.78 is 5.94. The Morgan fingerprint density at radius 1 is 1.17 bits per heavy atom. The van der Waals surface area contributed by atoms with Gasteiger partial charge in [0.05, 0.1) is 11.7 Å². The Labute approximate surface area is 137 Å². The molecule has 0 amide bonds. The van der Waals surface area contributed by atoms with Gasteiger partial charge in [0.15, 0.2) is 0 Å². The summed E-state index contributed by atoms with van der Waals surface area (Å²) in [5.41, 5.74) is 1.30. The van der Waals surface area contributed by atoms with Gasteiger partial charge < -0.3 is 9.84 Å². The number of benzene rings is 2. The molecule has 3 nitrogen and oxygen atoms in total. The molecule has 0 spiro atoms. The van der Waals surface area contributed by atoms with Crippen molar-refractivity contribution in [2.45, 2.75) is 50.0 Å². The van der Waals surface area contributed by atoms with E-state index in [2.05, 4.69) is 47.4 Å². The smallest absolute Gasteiger partial charge is 0.0847 e. The molecule has 0 aromatic heterocycles. The maximum atomic E-state index is 10.1. The van der Waals surface area contributed by atoms with E-state index in [0.29, 0.717) is 6.04 Å². The van der Waals surface area contributed by atoms with Gasteiger partial charge in [0.1, 0.15) is 0 Å². The van der Waals surface area contributed by atoms with Gasteiger partial charge in [-0.25, -0.2) is 0 Å². The average molecular weight is 311 g/mol. The third-order valence-corrected chi connectivity index (χ3v) is 5.87. The van der Waals surface area contributed by atoms with Crippen molar-refractivity contribution in [2.24, 2.45) is 0 Å². The molecule has 2 fully saturated rings. The van der Waals surface area contributed by atoms with E-state index in [-0.39, 0.29) is 11.7 Å². The van der Waals surface area contributed by atoms with Gasteiger partial charge in [0.25, 0.3) is 0 Å². The maximum absolute atomic E-state index is 10.1. The molecule has 23 heavy (non-hydrogen) atoms. The quantitative estimate of drug-likeness (QED) is 0.943. The molecule has 1 aliphatic heterocycles. The molecule has 0 bridgehead atoms. The fourth-order valence-corrected chi connectivity index (χ4v) is 4.53. The summed E-state index contributed by atoms with van der Waals surface area (Å²) in [7, 11) is 1.84. The molecule has 3 atom stereocenters. The Morgan fingerprint density at radius 2 is 2.00 bits per heavy atom. The Bertz CT molecular complexity index is 701. The summed E-state index contributed by atoms with van der Waals surface area (Å²) in [4.78, 5) is 2.51. The fourth-order valence-electron chi connectivity index (χ4n) is 4.53. The highest BCUT2D eigenvalue weighted by Gasteiger charge is 2.50. The van der Waals surface area contributed by atoms with Crippen LogP contribution in [0, 0.1) is 0 Å².